The van der Waals surface area contributed by atoms with Crippen molar-refractivity contribution >= 4 is 5.97 Å². The summed E-state index contributed by atoms with van der Waals surface area (Å²) in [5.74, 6) is -0.438. The third-order valence-electron chi connectivity index (χ3n) is 3.66. The number of benzene rings is 2. The van der Waals surface area contributed by atoms with Crippen LogP contribution in [0, 0.1) is 13.8 Å². The highest BCUT2D eigenvalue weighted by molar-refractivity contribution is 5.89. The van der Waals surface area contributed by atoms with E-state index in [1.165, 1.54) is 5.56 Å². The molecule has 0 spiro atoms. The lowest BCUT2D eigenvalue weighted by Gasteiger charge is -2.08. The first-order chi connectivity index (χ1) is 11.0. The average Bonchev–Trinajstić information content (AvgIpc) is 2.56. The van der Waals surface area contributed by atoms with Crippen LogP contribution >= 0.6 is 0 Å². The number of hydrogen-bond acceptors (Lipinski definition) is 3. The zero-order valence-electron chi connectivity index (χ0n) is 12.9. The number of nitrogens with zero attached hydrogens (tertiary/aromatic N) is 2. The Hall–Kier alpha value is -3.01. The molecular weight excluding hydrogens is 288 g/mol. The van der Waals surface area contributed by atoms with E-state index in [4.69, 9.17) is 5.11 Å². The molecule has 4 heteroatoms. The number of aromatic carboxylic acids is 1. The fourth-order valence-corrected chi connectivity index (χ4v) is 2.38. The molecule has 3 aromatic rings. The van der Waals surface area contributed by atoms with Gasteiger partial charge in [0.05, 0.1) is 11.3 Å². The molecule has 2 aromatic carbocycles. The van der Waals surface area contributed by atoms with Gasteiger partial charge in [0, 0.05) is 17.3 Å². The fourth-order valence-electron chi connectivity index (χ4n) is 2.38. The third-order valence-corrected chi connectivity index (χ3v) is 3.66. The van der Waals surface area contributed by atoms with Crippen LogP contribution in [0.25, 0.3) is 22.6 Å². The lowest BCUT2D eigenvalue weighted by atomic mass is 10.1. The van der Waals surface area contributed by atoms with Gasteiger partial charge in [0.2, 0.25) is 0 Å². The van der Waals surface area contributed by atoms with Crippen LogP contribution in [-0.2, 0) is 0 Å². The second kappa shape index (κ2) is 6.01. The van der Waals surface area contributed by atoms with Crippen molar-refractivity contribution in [3.8, 4) is 22.6 Å². The van der Waals surface area contributed by atoms with Crippen molar-refractivity contribution < 1.29 is 9.90 Å². The van der Waals surface area contributed by atoms with Crippen molar-refractivity contribution in [3.63, 3.8) is 0 Å². The zero-order valence-corrected chi connectivity index (χ0v) is 12.9. The summed E-state index contributed by atoms with van der Waals surface area (Å²) in [5, 5.41) is 9.12. The molecule has 0 radical (unpaired) electrons. The summed E-state index contributed by atoms with van der Waals surface area (Å²) in [7, 11) is 0. The van der Waals surface area contributed by atoms with E-state index >= 15 is 0 Å². The Kier molecular flexibility index (Phi) is 3.89. The minimum atomic E-state index is -0.960. The first-order valence-corrected chi connectivity index (χ1v) is 7.29. The summed E-state index contributed by atoms with van der Waals surface area (Å²) < 4.78 is 0. The molecule has 0 aliphatic rings. The maximum absolute atomic E-state index is 11.1. The predicted octanol–water partition coefficient (Wildman–Crippen LogP) is 4.13. The number of aryl methyl sites for hydroxylation is 2. The van der Waals surface area contributed by atoms with Gasteiger partial charge >= 0.3 is 5.97 Å². The lowest BCUT2D eigenvalue weighted by molar-refractivity contribution is 0.0697. The van der Waals surface area contributed by atoms with Crippen molar-refractivity contribution in [1.82, 2.24) is 9.97 Å². The summed E-state index contributed by atoms with van der Waals surface area (Å²) >= 11 is 0. The van der Waals surface area contributed by atoms with Gasteiger partial charge in [-0.15, -0.1) is 0 Å². The molecule has 23 heavy (non-hydrogen) atoms. The quantitative estimate of drug-likeness (QED) is 0.790. The summed E-state index contributed by atoms with van der Waals surface area (Å²) in [6.45, 7) is 4.01. The number of aromatic nitrogens is 2. The van der Waals surface area contributed by atoms with Gasteiger partial charge in [0.1, 0.15) is 0 Å². The van der Waals surface area contributed by atoms with Gasteiger partial charge in [0.25, 0.3) is 0 Å². The topological polar surface area (TPSA) is 63.1 Å². The monoisotopic (exact) mass is 304 g/mol. The van der Waals surface area contributed by atoms with Crippen molar-refractivity contribution in [1.29, 1.82) is 0 Å². The molecule has 0 aliphatic carbocycles. The van der Waals surface area contributed by atoms with Crippen LogP contribution < -0.4 is 0 Å². The molecule has 1 heterocycles. The molecule has 1 N–H and O–H groups in total. The predicted molar refractivity (Wildman–Crippen MR) is 89.3 cm³/mol. The minimum absolute atomic E-state index is 0.226. The molecule has 114 valence electrons. The Morgan fingerprint density at radius 2 is 1.74 bits per heavy atom. The van der Waals surface area contributed by atoms with Gasteiger partial charge in [-0.05, 0) is 31.5 Å². The molecule has 1 aromatic heterocycles. The first-order valence-electron chi connectivity index (χ1n) is 7.29. The molecule has 3 rings (SSSR count). The van der Waals surface area contributed by atoms with Crippen molar-refractivity contribution in [2.45, 2.75) is 13.8 Å². The average molecular weight is 304 g/mol. The van der Waals surface area contributed by atoms with E-state index in [0.29, 0.717) is 11.4 Å². The molecule has 0 atom stereocenters. The maximum Gasteiger partial charge on any atom is 0.335 e. The second-order valence-electron chi connectivity index (χ2n) is 5.48. The highest BCUT2D eigenvalue weighted by Crippen LogP contribution is 2.24. The van der Waals surface area contributed by atoms with E-state index in [-0.39, 0.29) is 5.56 Å². The summed E-state index contributed by atoms with van der Waals surface area (Å²) in [6.07, 6.45) is 1.77. The Bertz CT molecular complexity index is 871. The fraction of sp³-hybridized carbons (Fsp3) is 0.105. The van der Waals surface area contributed by atoms with E-state index in [0.717, 1.165) is 16.8 Å². The number of rotatable bonds is 3. The van der Waals surface area contributed by atoms with Crippen LogP contribution in [0.2, 0.25) is 0 Å². The van der Waals surface area contributed by atoms with E-state index in [1.54, 1.807) is 24.4 Å². The van der Waals surface area contributed by atoms with Crippen LogP contribution in [0.1, 0.15) is 21.5 Å². The largest absolute Gasteiger partial charge is 0.478 e. The zero-order chi connectivity index (χ0) is 16.4. The van der Waals surface area contributed by atoms with E-state index in [9.17, 15) is 4.79 Å². The molecule has 0 amide bonds. The summed E-state index contributed by atoms with van der Waals surface area (Å²) in [5.41, 5.74) is 4.96. The Morgan fingerprint density at radius 1 is 1.00 bits per heavy atom. The van der Waals surface area contributed by atoms with Gasteiger partial charge < -0.3 is 5.11 Å². The highest BCUT2D eigenvalue weighted by Gasteiger charge is 2.10. The normalized spacial score (nSPS) is 10.5. The molecular formula is C19H16N2O2. The van der Waals surface area contributed by atoms with Crippen LogP contribution in [-0.4, -0.2) is 21.0 Å². The molecule has 0 fully saturated rings. The van der Waals surface area contributed by atoms with Crippen LogP contribution in [0.5, 0.6) is 0 Å². The van der Waals surface area contributed by atoms with Gasteiger partial charge in [-0.3, -0.25) is 0 Å². The van der Waals surface area contributed by atoms with Gasteiger partial charge in [-0.1, -0.05) is 42.0 Å². The Balaban J connectivity index is 2.08. The number of carboxylic acid groups (broad SMARTS) is 1. The molecule has 0 saturated carbocycles. The molecule has 0 aliphatic heterocycles. The minimum Gasteiger partial charge on any atom is -0.478 e. The number of hydrogen-bond donors (Lipinski definition) is 1. The molecule has 0 bridgehead atoms. The SMILES string of the molecule is Cc1ccc(-c2nc(-c3cccc(C(=O)O)c3)ncc2C)cc1. The van der Waals surface area contributed by atoms with Gasteiger partial charge in [0.15, 0.2) is 5.82 Å². The van der Waals surface area contributed by atoms with Gasteiger partial charge in [-0.25, -0.2) is 14.8 Å². The Morgan fingerprint density at radius 3 is 2.43 bits per heavy atom. The number of carboxylic acids is 1. The first kappa shape index (κ1) is 14.9. The number of carbonyl (C=O) groups is 1. The van der Waals surface area contributed by atoms with Gasteiger partial charge in [-0.2, -0.15) is 0 Å². The summed E-state index contributed by atoms with van der Waals surface area (Å²) in [6, 6.07) is 14.8. The van der Waals surface area contributed by atoms with Crippen molar-refractivity contribution in [2.24, 2.45) is 0 Å². The van der Waals surface area contributed by atoms with Crippen molar-refractivity contribution in [3.05, 3.63) is 71.4 Å². The maximum atomic E-state index is 11.1. The molecule has 4 nitrogen and oxygen atoms in total. The van der Waals surface area contributed by atoms with Crippen LogP contribution in [0.15, 0.2) is 54.7 Å². The van der Waals surface area contributed by atoms with Crippen LogP contribution in [0.3, 0.4) is 0 Å². The van der Waals surface area contributed by atoms with E-state index in [1.807, 2.05) is 44.2 Å². The van der Waals surface area contributed by atoms with Crippen molar-refractivity contribution in [2.75, 3.05) is 0 Å². The third kappa shape index (κ3) is 3.11. The lowest BCUT2D eigenvalue weighted by Crippen LogP contribution is -1.98. The smallest absolute Gasteiger partial charge is 0.335 e. The van der Waals surface area contributed by atoms with E-state index < -0.39 is 5.97 Å². The highest BCUT2D eigenvalue weighted by atomic mass is 16.4. The Labute approximate surface area is 134 Å². The standard InChI is InChI=1S/C19H16N2O2/c1-12-6-8-14(9-7-12)17-13(2)11-20-18(21-17)15-4-3-5-16(10-15)19(22)23/h3-11H,1-2H3,(H,22,23). The van der Waals surface area contributed by atoms with Crippen LogP contribution in [0.4, 0.5) is 0 Å². The second-order valence-corrected chi connectivity index (χ2v) is 5.48. The molecule has 0 unspecified atom stereocenters. The molecule has 0 saturated heterocycles. The summed E-state index contributed by atoms with van der Waals surface area (Å²) in [4.78, 5) is 20.1. The van der Waals surface area contributed by atoms with E-state index in [2.05, 4.69) is 9.97 Å².